The molecule has 3 aromatic rings. The third-order valence-corrected chi connectivity index (χ3v) is 10.8. The second-order valence-corrected chi connectivity index (χ2v) is 15.2. The van der Waals surface area contributed by atoms with Crippen LogP contribution in [0.1, 0.15) is 89.7 Å². The third kappa shape index (κ3) is 8.71. The number of H-pyrrole nitrogens is 1. The molecule has 2 aliphatic heterocycles. The highest BCUT2D eigenvalue weighted by atomic mass is 19.3. The Morgan fingerprint density at radius 3 is 2.17 bits per heavy atom. The number of alkyl halides is 2. The molecule has 1 aliphatic carbocycles. The van der Waals surface area contributed by atoms with Gasteiger partial charge >= 0.3 is 6.09 Å². The fourth-order valence-corrected chi connectivity index (χ4v) is 7.55. The van der Waals surface area contributed by atoms with Gasteiger partial charge in [0.1, 0.15) is 17.7 Å². The number of aromatic amines is 1. The second kappa shape index (κ2) is 16.1. The molecule has 13 heteroatoms. The Labute approximate surface area is 309 Å². The van der Waals surface area contributed by atoms with Crippen molar-refractivity contribution < 1.29 is 27.9 Å². The number of methoxy groups -OCH3 is 1. The third-order valence-electron chi connectivity index (χ3n) is 10.8. The molecule has 6 rings (SSSR count). The molecule has 0 radical (unpaired) electrons. The molecule has 1 saturated heterocycles. The summed E-state index contributed by atoms with van der Waals surface area (Å²) in [4.78, 5) is 53.3. The number of carbonyl (C=O) groups is 3. The first-order chi connectivity index (χ1) is 25.3. The van der Waals surface area contributed by atoms with Gasteiger partial charge in [-0.1, -0.05) is 76.2 Å². The van der Waals surface area contributed by atoms with Crippen molar-refractivity contribution in [2.75, 3.05) is 20.2 Å². The highest BCUT2D eigenvalue weighted by Crippen LogP contribution is 2.37. The van der Waals surface area contributed by atoms with Gasteiger partial charge in [-0.3, -0.25) is 14.6 Å². The summed E-state index contributed by atoms with van der Waals surface area (Å²) in [6.07, 6.45) is 2.78. The number of carbonyl (C=O) groups excluding carboxylic acids is 3. The Morgan fingerprint density at radius 1 is 0.906 bits per heavy atom. The molecule has 2 unspecified atom stereocenters. The van der Waals surface area contributed by atoms with Crippen LogP contribution in [-0.2, 0) is 14.3 Å². The fourth-order valence-electron chi connectivity index (χ4n) is 7.55. The number of benzene rings is 2. The van der Waals surface area contributed by atoms with Gasteiger partial charge in [0.15, 0.2) is 0 Å². The van der Waals surface area contributed by atoms with Gasteiger partial charge in [0.05, 0.1) is 30.9 Å². The van der Waals surface area contributed by atoms with E-state index in [2.05, 4.69) is 57.3 Å². The number of nitrogens with one attached hydrogen (secondary N) is 4. The summed E-state index contributed by atoms with van der Waals surface area (Å²) in [6, 6.07) is 15.2. The number of halogens is 2. The SMILES string of the molecule is COC(=O)N[C@H](C(=O)N1CCC[C@H]1c1nc(-c2ccc(-c3ccc(C4CNC(C(NC(=O)C5CCC(F)(F)CC5)C(C)C)=N4)cc3)cc2)c[nH]1)C(C)C. The molecule has 2 aromatic carbocycles. The quantitative estimate of drug-likeness (QED) is 0.171. The molecule has 3 aliphatic rings. The van der Waals surface area contributed by atoms with Crippen LogP contribution in [0, 0.1) is 17.8 Å². The number of amides is 3. The molecule has 0 spiro atoms. The molecule has 11 nitrogen and oxygen atoms in total. The monoisotopic (exact) mass is 731 g/mol. The van der Waals surface area contributed by atoms with E-state index in [1.807, 2.05) is 46.0 Å². The number of amidine groups is 1. The summed E-state index contributed by atoms with van der Waals surface area (Å²) in [5, 5.41) is 9.17. The smallest absolute Gasteiger partial charge is 0.407 e. The lowest BCUT2D eigenvalue weighted by Crippen LogP contribution is -2.51. The van der Waals surface area contributed by atoms with Crippen molar-refractivity contribution in [1.82, 2.24) is 30.8 Å². The molecule has 53 heavy (non-hydrogen) atoms. The lowest BCUT2D eigenvalue weighted by molar-refractivity contribution is -0.135. The standard InChI is InChI=1S/C40H51F2N7O4/c1-23(2)33(47-37(50)29-16-18-40(41,42)19-17-29)36-44-22-31(46-36)28-14-10-26(11-15-28)25-8-12-27(13-9-25)30-21-43-35(45-30)32-7-6-20-49(32)38(51)34(24(3)4)48-39(52)53-5/h8-15,21,23-24,29,31-34H,6-7,16-20,22H2,1-5H3,(H,43,45)(H,44,46)(H,47,50)(H,48,52)/t31?,32-,33?,34-/m0/s1. The first-order valence-electron chi connectivity index (χ1n) is 18.7. The van der Waals surface area contributed by atoms with E-state index in [1.165, 1.54) is 7.11 Å². The van der Waals surface area contributed by atoms with Crippen molar-refractivity contribution in [3.05, 3.63) is 66.1 Å². The van der Waals surface area contributed by atoms with Crippen LogP contribution in [0.15, 0.2) is 59.7 Å². The van der Waals surface area contributed by atoms with Gasteiger partial charge in [0.25, 0.3) is 0 Å². The van der Waals surface area contributed by atoms with E-state index in [0.717, 1.165) is 52.4 Å². The molecule has 1 aromatic heterocycles. The van der Waals surface area contributed by atoms with Gasteiger partial charge in [0, 0.05) is 43.6 Å². The van der Waals surface area contributed by atoms with E-state index in [-0.39, 0.29) is 67.5 Å². The van der Waals surface area contributed by atoms with E-state index in [1.54, 1.807) is 4.90 Å². The minimum Gasteiger partial charge on any atom is -0.453 e. The van der Waals surface area contributed by atoms with Crippen molar-refractivity contribution in [3.63, 3.8) is 0 Å². The zero-order valence-corrected chi connectivity index (χ0v) is 31.1. The lowest BCUT2D eigenvalue weighted by Gasteiger charge is -2.30. The Balaban J connectivity index is 1.08. The molecule has 3 amide bonds. The molecule has 2 fully saturated rings. The first-order valence-corrected chi connectivity index (χ1v) is 18.7. The second-order valence-electron chi connectivity index (χ2n) is 15.2. The number of imidazole rings is 1. The first kappa shape index (κ1) is 37.9. The maximum Gasteiger partial charge on any atom is 0.407 e. The van der Waals surface area contributed by atoms with Crippen LogP contribution in [0.25, 0.3) is 22.4 Å². The number of likely N-dealkylation sites (tertiary alicyclic amines) is 1. The molecule has 4 N–H and O–H groups in total. The van der Waals surface area contributed by atoms with Gasteiger partial charge < -0.3 is 30.6 Å². The number of aromatic nitrogens is 2. The molecule has 3 heterocycles. The Morgan fingerprint density at radius 2 is 1.55 bits per heavy atom. The van der Waals surface area contributed by atoms with Crippen LogP contribution >= 0.6 is 0 Å². The number of alkyl carbamates (subject to hydrolysis) is 1. The number of rotatable bonds is 11. The Hall–Kier alpha value is -4.81. The lowest BCUT2D eigenvalue weighted by atomic mass is 9.86. The minimum atomic E-state index is -2.67. The van der Waals surface area contributed by atoms with Crippen LogP contribution in [0.2, 0.25) is 0 Å². The predicted octanol–water partition coefficient (Wildman–Crippen LogP) is 6.80. The maximum absolute atomic E-state index is 13.6. The van der Waals surface area contributed by atoms with E-state index < -0.39 is 24.0 Å². The molecule has 4 atom stereocenters. The van der Waals surface area contributed by atoms with Crippen molar-refractivity contribution >= 4 is 23.7 Å². The molecular weight excluding hydrogens is 680 g/mol. The van der Waals surface area contributed by atoms with Crippen molar-refractivity contribution in [3.8, 4) is 22.4 Å². The topological polar surface area (TPSA) is 141 Å². The zero-order chi connectivity index (χ0) is 37.9. The molecule has 0 bridgehead atoms. The number of aliphatic imine (C=N–C) groups is 1. The van der Waals surface area contributed by atoms with Gasteiger partial charge in [-0.05, 0) is 54.2 Å². The highest BCUT2D eigenvalue weighted by Gasteiger charge is 2.39. The number of hydrogen-bond donors (Lipinski definition) is 4. The average Bonchev–Trinajstić information content (AvgIpc) is 3.94. The normalized spacial score (nSPS) is 21.2. The Bertz CT molecular complexity index is 1780. The predicted molar refractivity (Wildman–Crippen MR) is 199 cm³/mol. The molecular formula is C40H51F2N7O4. The number of hydrogen-bond acceptors (Lipinski definition) is 7. The average molecular weight is 732 g/mol. The molecule has 1 saturated carbocycles. The van der Waals surface area contributed by atoms with Crippen LogP contribution in [0.3, 0.4) is 0 Å². The van der Waals surface area contributed by atoms with Crippen LogP contribution < -0.4 is 16.0 Å². The van der Waals surface area contributed by atoms with Gasteiger partial charge in [0.2, 0.25) is 17.7 Å². The minimum absolute atomic E-state index is 0.0771. The summed E-state index contributed by atoms with van der Waals surface area (Å²) in [5.74, 6) is -1.96. The summed E-state index contributed by atoms with van der Waals surface area (Å²) in [6.45, 7) is 9.03. The van der Waals surface area contributed by atoms with Crippen LogP contribution in [-0.4, -0.2) is 76.8 Å². The van der Waals surface area contributed by atoms with E-state index in [9.17, 15) is 23.2 Å². The number of ether oxygens (including phenoxy) is 1. The van der Waals surface area contributed by atoms with E-state index in [4.69, 9.17) is 14.7 Å². The van der Waals surface area contributed by atoms with Crippen molar-refractivity contribution in [1.29, 1.82) is 0 Å². The van der Waals surface area contributed by atoms with Gasteiger partial charge in [-0.25, -0.2) is 18.6 Å². The number of nitrogens with zero attached hydrogens (tertiary/aromatic N) is 3. The van der Waals surface area contributed by atoms with E-state index >= 15 is 0 Å². The van der Waals surface area contributed by atoms with Crippen LogP contribution in [0.5, 0.6) is 0 Å². The van der Waals surface area contributed by atoms with Gasteiger partial charge in [-0.15, -0.1) is 0 Å². The van der Waals surface area contributed by atoms with Crippen molar-refractivity contribution in [2.24, 2.45) is 22.7 Å². The van der Waals surface area contributed by atoms with Gasteiger partial charge in [-0.2, -0.15) is 0 Å². The van der Waals surface area contributed by atoms with Crippen LogP contribution in [0.4, 0.5) is 13.6 Å². The maximum atomic E-state index is 13.6. The summed E-state index contributed by atoms with van der Waals surface area (Å²) >= 11 is 0. The van der Waals surface area contributed by atoms with Crippen molar-refractivity contribution in [2.45, 2.75) is 96.3 Å². The summed E-state index contributed by atoms with van der Waals surface area (Å²) in [5.41, 5.74) is 4.90. The molecule has 284 valence electrons. The Kier molecular flexibility index (Phi) is 11.5. The largest absolute Gasteiger partial charge is 0.453 e. The summed E-state index contributed by atoms with van der Waals surface area (Å²) < 4.78 is 32.0. The highest BCUT2D eigenvalue weighted by molar-refractivity contribution is 5.93. The summed E-state index contributed by atoms with van der Waals surface area (Å²) in [7, 11) is 1.29. The zero-order valence-electron chi connectivity index (χ0n) is 31.1. The van der Waals surface area contributed by atoms with E-state index in [0.29, 0.717) is 13.1 Å². The fraction of sp³-hybridized carbons (Fsp3) is 0.525.